The second-order valence-corrected chi connectivity index (χ2v) is 7.11. The van der Waals surface area contributed by atoms with Crippen LogP contribution in [-0.4, -0.2) is 23.0 Å². The van der Waals surface area contributed by atoms with Gasteiger partial charge in [0.05, 0.1) is 0 Å². The van der Waals surface area contributed by atoms with Gasteiger partial charge < -0.3 is 10.4 Å². The molecule has 1 unspecified atom stereocenters. The van der Waals surface area contributed by atoms with Crippen LogP contribution in [0.2, 0.25) is 0 Å². The molecule has 30 heavy (non-hydrogen) atoms. The van der Waals surface area contributed by atoms with Gasteiger partial charge in [-0.1, -0.05) is 91.0 Å². The summed E-state index contributed by atoms with van der Waals surface area (Å²) in [6, 6.07) is 30.7. The highest BCUT2D eigenvalue weighted by Gasteiger charge is 2.33. The summed E-state index contributed by atoms with van der Waals surface area (Å²) >= 11 is 0. The number of amides is 1. The predicted octanol–water partition coefficient (Wildman–Crippen LogP) is 4.85. The van der Waals surface area contributed by atoms with Crippen molar-refractivity contribution in [3.05, 3.63) is 120 Å². The Morgan fingerprint density at radius 2 is 1.30 bits per heavy atom. The number of carboxylic acid groups (broad SMARTS) is 1. The lowest BCUT2D eigenvalue weighted by atomic mass is 9.82. The second-order valence-electron chi connectivity index (χ2n) is 7.11. The molecule has 2 N–H and O–H groups in total. The third-order valence-electron chi connectivity index (χ3n) is 5.24. The van der Waals surface area contributed by atoms with Crippen molar-refractivity contribution in [1.29, 1.82) is 0 Å². The topological polar surface area (TPSA) is 66.4 Å². The summed E-state index contributed by atoms with van der Waals surface area (Å²) in [4.78, 5) is 25.2. The molecule has 148 valence electrons. The van der Waals surface area contributed by atoms with E-state index in [9.17, 15) is 14.7 Å². The molecule has 0 fully saturated rings. The van der Waals surface area contributed by atoms with Gasteiger partial charge in [0.25, 0.3) is 5.91 Å². The lowest BCUT2D eigenvalue weighted by molar-refractivity contribution is -0.139. The van der Waals surface area contributed by atoms with E-state index in [2.05, 4.69) is 5.32 Å². The van der Waals surface area contributed by atoms with Crippen LogP contribution in [0.25, 0.3) is 10.8 Å². The van der Waals surface area contributed by atoms with E-state index in [1.54, 1.807) is 24.3 Å². The first-order valence-electron chi connectivity index (χ1n) is 9.76. The highest BCUT2D eigenvalue weighted by Crippen LogP contribution is 2.33. The van der Waals surface area contributed by atoms with E-state index >= 15 is 0 Å². The number of carboxylic acids is 1. The molecule has 1 amide bonds. The minimum absolute atomic E-state index is 0.413. The molecule has 4 aromatic rings. The fourth-order valence-electron chi connectivity index (χ4n) is 3.84. The average molecular weight is 395 g/mol. The molecule has 4 nitrogen and oxygen atoms in total. The average Bonchev–Trinajstić information content (AvgIpc) is 2.80. The number of aliphatic carboxylic acids is 1. The molecule has 4 heteroatoms. The molecule has 4 aromatic carbocycles. The highest BCUT2D eigenvalue weighted by molar-refractivity contribution is 5.97. The first kappa shape index (κ1) is 19.4. The maximum atomic E-state index is 12.8. The standard InChI is InChI=1S/C26H21NO3/c28-25(20-13-5-2-6-14-20)27-24(26(29)30)23(19-11-3-1-4-12-19)22-17-9-15-18-10-7-8-16-21(18)22/h1-17,23-24H,(H,27,28)(H,29,30)/t23?,24-/m0/s1. The van der Waals surface area contributed by atoms with Crippen LogP contribution in [0.3, 0.4) is 0 Å². The molecule has 0 saturated carbocycles. The lowest BCUT2D eigenvalue weighted by Gasteiger charge is -2.27. The zero-order valence-electron chi connectivity index (χ0n) is 16.2. The lowest BCUT2D eigenvalue weighted by Crippen LogP contribution is -2.45. The van der Waals surface area contributed by atoms with Gasteiger partial charge >= 0.3 is 5.97 Å². The summed E-state index contributed by atoms with van der Waals surface area (Å²) in [5.41, 5.74) is 2.11. The van der Waals surface area contributed by atoms with E-state index in [-0.39, 0.29) is 0 Å². The number of carbonyl (C=O) groups is 2. The van der Waals surface area contributed by atoms with Gasteiger partial charge in [0, 0.05) is 11.5 Å². The largest absolute Gasteiger partial charge is 0.480 e. The monoisotopic (exact) mass is 395 g/mol. The zero-order valence-corrected chi connectivity index (χ0v) is 16.2. The molecular weight excluding hydrogens is 374 g/mol. The second kappa shape index (κ2) is 8.62. The maximum absolute atomic E-state index is 12.8. The molecule has 0 aromatic heterocycles. The molecule has 0 bridgehead atoms. The summed E-state index contributed by atoms with van der Waals surface area (Å²) in [5, 5.41) is 14.9. The van der Waals surface area contributed by atoms with Crippen LogP contribution in [0.1, 0.15) is 27.4 Å². The number of nitrogens with one attached hydrogen (secondary N) is 1. The minimum atomic E-state index is -1.13. The third-order valence-corrected chi connectivity index (χ3v) is 5.24. The van der Waals surface area contributed by atoms with Gasteiger partial charge in [-0.15, -0.1) is 0 Å². The van der Waals surface area contributed by atoms with Crippen molar-refractivity contribution >= 4 is 22.6 Å². The van der Waals surface area contributed by atoms with Crippen LogP contribution in [-0.2, 0) is 4.79 Å². The Hall–Kier alpha value is -3.92. The minimum Gasteiger partial charge on any atom is -0.480 e. The Labute approximate surface area is 174 Å². The van der Waals surface area contributed by atoms with Gasteiger partial charge in [0.1, 0.15) is 6.04 Å². The SMILES string of the molecule is O=C(N[C@H](C(=O)O)C(c1ccccc1)c1cccc2ccccc12)c1ccccc1. The van der Waals surface area contributed by atoms with Crippen LogP contribution in [0.4, 0.5) is 0 Å². The van der Waals surface area contributed by atoms with E-state index in [1.807, 2.05) is 78.9 Å². The molecular formula is C26H21NO3. The first-order valence-corrected chi connectivity index (χ1v) is 9.76. The molecule has 0 radical (unpaired) electrons. The number of rotatable bonds is 6. The van der Waals surface area contributed by atoms with Gasteiger partial charge in [-0.25, -0.2) is 4.79 Å². The van der Waals surface area contributed by atoms with Crippen molar-refractivity contribution in [3.8, 4) is 0 Å². The van der Waals surface area contributed by atoms with Crippen molar-refractivity contribution in [3.63, 3.8) is 0 Å². The Kier molecular flexibility index (Phi) is 5.57. The Balaban J connectivity index is 1.83. The van der Waals surface area contributed by atoms with Crippen LogP contribution >= 0.6 is 0 Å². The molecule has 4 rings (SSSR count). The zero-order chi connectivity index (χ0) is 20.9. The van der Waals surface area contributed by atoms with Crippen molar-refractivity contribution in [2.24, 2.45) is 0 Å². The van der Waals surface area contributed by atoms with Gasteiger partial charge in [-0.05, 0) is 34.0 Å². The number of fused-ring (bicyclic) bond motifs is 1. The Morgan fingerprint density at radius 3 is 2.00 bits per heavy atom. The molecule has 2 atom stereocenters. The fourth-order valence-corrected chi connectivity index (χ4v) is 3.84. The Bertz CT molecular complexity index is 1170. The van der Waals surface area contributed by atoms with E-state index in [0.29, 0.717) is 5.56 Å². The summed E-state index contributed by atoms with van der Waals surface area (Å²) in [5.74, 6) is -2.05. The van der Waals surface area contributed by atoms with Crippen molar-refractivity contribution < 1.29 is 14.7 Å². The first-order chi connectivity index (χ1) is 14.6. The highest BCUT2D eigenvalue weighted by atomic mass is 16.4. The van der Waals surface area contributed by atoms with Crippen molar-refractivity contribution in [1.82, 2.24) is 5.32 Å². The molecule has 0 heterocycles. The van der Waals surface area contributed by atoms with Crippen LogP contribution in [0.15, 0.2) is 103 Å². The summed E-state index contributed by atoms with van der Waals surface area (Å²) < 4.78 is 0. The van der Waals surface area contributed by atoms with E-state index in [1.165, 1.54) is 0 Å². The summed E-state index contributed by atoms with van der Waals surface area (Å²) in [6.45, 7) is 0. The number of hydrogen-bond donors (Lipinski definition) is 2. The molecule has 0 aliphatic heterocycles. The van der Waals surface area contributed by atoms with Crippen LogP contribution < -0.4 is 5.32 Å². The molecule has 0 aliphatic rings. The van der Waals surface area contributed by atoms with Gasteiger partial charge in [-0.2, -0.15) is 0 Å². The van der Waals surface area contributed by atoms with Gasteiger partial charge in [-0.3, -0.25) is 4.79 Å². The van der Waals surface area contributed by atoms with Crippen LogP contribution in [0, 0.1) is 0 Å². The Morgan fingerprint density at radius 1 is 0.700 bits per heavy atom. The van der Waals surface area contributed by atoms with Crippen molar-refractivity contribution in [2.45, 2.75) is 12.0 Å². The van der Waals surface area contributed by atoms with E-state index in [4.69, 9.17) is 0 Å². The maximum Gasteiger partial charge on any atom is 0.327 e. The number of carbonyl (C=O) groups excluding carboxylic acids is 1. The third kappa shape index (κ3) is 3.94. The van der Waals surface area contributed by atoms with E-state index < -0.39 is 23.8 Å². The fraction of sp³-hybridized carbons (Fsp3) is 0.0769. The molecule has 0 spiro atoms. The smallest absolute Gasteiger partial charge is 0.327 e. The number of hydrogen-bond acceptors (Lipinski definition) is 2. The number of benzene rings is 4. The predicted molar refractivity (Wildman–Crippen MR) is 118 cm³/mol. The van der Waals surface area contributed by atoms with E-state index in [0.717, 1.165) is 21.9 Å². The van der Waals surface area contributed by atoms with Crippen LogP contribution in [0.5, 0.6) is 0 Å². The summed E-state index contributed by atoms with van der Waals surface area (Å²) in [6.07, 6.45) is 0. The normalized spacial score (nSPS) is 12.8. The van der Waals surface area contributed by atoms with Crippen molar-refractivity contribution in [2.75, 3.05) is 0 Å². The molecule has 0 aliphatic carbocycles. The van der Waals surface area contributed by atoms with Gasteiger partial charge in [0.15, 0.2) is 0 Å². The van der Waals surface area contributed by atoms with Gasteiger partial charge in [0.2, 0.25) is 0 Å². The quantitative estimate of drug-likeness (QED) is 0.490. The summed E-state index contributed by atoms with van der Waals surface area (Å²) in [7, 11) is 0. The molecule has 0 saturated heterocycles.